The molecule has 0 unspecified atom stereocenters. The Labute approximate surface area is 157 Å². The van der Waals surface area contributed by atoms with E-state index in [1.54, 1.807) is 0 Å². The van der Waals surface area contributed by atoms with Gasteiger partial charge in [0.15, 0.2) is 0 Å². The number of sulfonamides is 1. The molecule has 0 N–H and O–H groups in total. The zero-order chi connectivity index (χ0) is 19.1. The van der Waals surface area contributed by atoms with Crippen LogP contribution < -0.4 is 10.5 Å². The molecule has 26 heavy (non-hydrogen) atoms. The van der Waals surface area contributed by atoms with Gasteiger partial charge in [-0.05, 0) is 34.1 Å². The van der Waals surface area contributed by atoms with Gasteiger partial charge in [0.1, 0.15) is 21.0 Å². The Morgan fingerprint density at radius 1 is 1.15 bits per heavy atom. The SMILES string of the molecule is Cn1ncc(N2CCN(S(=O)(=O)c3cc(F)ccc3F)CC2)c(Br)c1=O. The van der Waals surface area contributed by atoms with E-state index in [9.17, 15) is 22.0 Å². The van der Waals surface area contributed by atoms with Gasteiger partial charge in [0.05, 0.1) is 11.9 Å². The molecule has 11 heteroatoms. The number of hydrogen-bond acceptors (Lipinski definition) is 5. The zero-order valence-electron chi connectivity index (χ0n) is 13.7. The van der Waals surface area contributed by atoms with E-state index in [2.05, 4.69) is 21.0 Å². The first kappa shape index (κ1) is 18.9. The first-order valence-corrected chi connectivity index (χ1v) is 9.87. The molecule has 0 radical (unpaired) electrons. The topological polar surface area (TPSA) is 75.5 Å². The van der Waals surface area contributed by atoms with E-state index in [1.807, 2.05) is 4.90 Å². The van der Waals surface area contributed by atoms with E-state index in [0.29, 0.717) is 16.2 Å². The fourth-order valence-electron chi connectivity index (χ4n) is 2.71. The molecule has 3 rings (SSSR count). The largest absolute Gasteiger partial charge is 0.367 e. The summed E-state index contributed by atoms with van der Waals surface area (Å²) >= 11 is 3.24. The lowest BCUT2D eigenvalue weighted by Crippen LogP contribution is -2.49. The van der Waals surface area contributed by atoms with Crippen LogP contribution in [-0.4, -0.2) is 48.7 Å². The number of benzene rings is 1. The van der Waals surface area contributed by atoms with Gasteiger partial charge in [-0.1, -0.05) is 0 Å². The lowest BCUT2D eigenvalue weighted by atomic mass is 10.3. The summed E-state index contributed by atoms with van der Waals surface area (Å²) in [7, 11) is -2.62. The van der Waals surface area contributed by atoms with Crippen molar-refractivity contribution < 1.29 is 17.2 Å². The summed E-state index contributed by atoms with van der Waals surface area (Å²) in [5, 5.41) is 3.96. The van der Waals surface area contributed by atoms with Crippen LogP contribution in [0.1, 0.15) is 0 Å². The van der Waals surface area contributed by atoms with Crippen molar-refractivity contribution in [3.8, 4) is 0 Å². The molecule has 0 aliphatic carbocycles. The summed E-state index contributed by atoms with van der Waals surface area (Å²) in [4.78, 5) is 13.1. The van der Waals surface area contributed by atoms with E-state index in [1.165, 1.54) is 17.9 Å². The molecule has 0 bridgehead atoms. The fourth-order valence-corrected chi connectivity index (χ4v) is 4.81. The van der Waals surface area contributed by atoms with Gasteiger partial charge in [-0.3, -0.25) is 4.79 Å². The summed E-state index contributed by atoms with van der Waals surface area (Å²) in [5.74, 6) is -1.81. The molecule has 0 atom stereocenters. The highest BCUT2D eigenvalue weighted by Crippen LogP contribution is 2.26. The zero-order valence-corrected chi connectivity index (χ0v) is 16.1. The number of nitrogens with zero attached hydrogens (tertiary/aromatic N) is 4. The molecule has 1 aliphatic rings. The fraction of sp³-hybridized carbons (Fsp3) is 0.333. The minimum atomic E-state index is -4.15. The molecular weight excluding hydrogens is 434 g/mol. The Bertz CT molecular complexity index is 1000. The molecule has 1 fully saturated rings. The molecule has 1 aromatic heterocycles. The van der Waals surface area contributed by atoms with Crippen LogP contribution in [0.2, 0.25) is 0 Å². The maximum absolute atomic E-state index is 13.9. The minimum Gasteiger partial charge on any atom is -0.367 e. The standard InChI is InChI=1S/C15H15BrF2N4O3S/c1-20-15(23)14(16)12(9-19-20)21-4-6-22(7-5-21)26(24,25)13-8-10(17)2-3-11(13)18/h2-3,8-9H,4-7H2,1H3. The van der Waals surface area contributed by atoms with Crippen LogP contribution in [0.3, 0.4) is 0 Å². The Morgan fingerprint density at radius 3 is 2.46 bits per heavy atom. The van der Waals surface area contributed by atoms with Gasteiger partial charge in [0, 0.05) is 33.2 Å². The van der Waals surface area contributed by atoms with Gasteiger partial charge in [-0.2, -0.15) is 9.40 Å². The average Bonchev–Trinajstić information content (AvgIpc) is 2.62. The van der Waals surface area contributed by atoms with E-state index in [4.69, 9.17) is 0 Å². The molecule has 1 aliphatic heterocycles. The second-order valence-corrected chi connectivity index (χ2v) is 8.44. The van der Waals surface area contributed by atoms with E-state index < -0.39 is 26.6 Å². The molecule has 1 aromatic carbocycles. The second kappa shape index (κ2) is 7.05. The highest BCUT2D eigenvalue weighted by atomic mass is 79.9. The quantitative estimate of drug-likeness (QED) is 0.707. The molecule has 2 aromatic rings. The van der Waals surface area contributed by atoms with Crippen molar-refractivity contribution in [3.05, 3.63) is 50.9 Å². The van der Waals surface area contributed by atoms with Gasteiger partial charge in [0.2, 0.25) is 10.0 Å². The van der Waals surface area contributed by atoms with E-state index in [-0.39, 0.29) is 31.7 Å². The van der Waals surface area contributed by atoms with Crippen molar-refractivity contribution >= 4 is 31.6 Å². The molecule has 7 nitrogen and oxygen atoms in total. The van der Waals surface area contributed by atoms with Crippen LogP contribution in [-0.2, 0) is 17.1 Å². The minimum absolute atomic E-state index is 0.0694. The number of piperazine rings is 1. The molecule has 0 amide bonds. The van der Waals surface area contributed by atoms with Crippen LogP contribution >= 0.6 is 15.9 Å². The summed E-state index contributed by atoms with van der Waals surface area (Å²) < 4.78 is 55.0. The predicted octanol–water partition coefficient (Wildman–Crippen LogP) is 1.33. The molecule has 140 valence electrons. The normalized spacial score (nSPS) is 16.1. The first-order chi connectivity index (χ1) is 12.2. The predicted molar refractivity (Wildman–Crippen MR) is 94.5 cm³/mol. The van der Waals surface area contributed by atoms with Crippen LogP contribution in [0.5, 0.6) is 0 Å². The molecule has 2 heterocycles. The van der Waals surface area contributed by atoms with Crippen molar-refractivity contribution in [2.75, 3.05) is 31.1 Å². The lowest BCUT2D eigenvalue weighted by molar-refractivity contribution is 0.381. The third-order valence-corrected chi connectivity index (χ3v) is 6.81. The summed E-state index contributed by atoms with van der Waals surface area (Å²) in [5.41, 5.74) is 0.251. The van der Waals surface area contributed by atoms with Gasteiger partial charge in [-0.25, -0.2) is 21.9 Å². The Hall–Kier alpha value is -1.85. The van der Waals surface area contributed by atoms with Crippen LogP contribution in [0.25, 0.3) is 0 Å². The highest BCUT2D eigenvalue weighted by molar-refractivity contribution is 9.10. The Balaban J connectivity index is 1.81. The number of anilines is 1. The number of aryl methyl sites for hydroxylation is 1. The van der Waals surface area contributed by atoms with Crippen LogP contribution in [0.4, 0.5) is 14.5 Å². The monoisotopic (exact) mass is 448 g/mol. The van der Waals surface area contributed by atoms with Crippen LogP contribution in [0, 0.1) is 11.6 Å². The number of rotatable bonds is 3. The van der Waals surface area contributed by atoms with Crippen LogP contribution in [0.15, 0.2) is 38.6 Å². The molecular formula is C15H15BrF2N4O3S. The summed E-state index contributed by atoms with van der Waals surface area (Å²) in [6.45, 7) is 0.701. The van der Waals surface area contributed by atoms with Crippen molar-refractivity contribution in [2.24, 2.45) is 7.05 Å². The highest BCUT2D eigenvalue weighted by Gasteiger charge is 2.31. The Morgan fingerprint density at radius 2 is 1.81 bits per heavy atom. The second-order valence-electron chi connectivity index (χ2n) is 5.74. The van der Waals surface area contributed by atoms with Gasteiger partial charge >= 0.3 is 0 Å². The molecule has 1 saturated heterocycles. The Kier molecular flexibility index (Phi) is 5.13. The number of halogens is 3. The van der Waals surface area contributed by atoms with E-state index in [0.717, 1.165) is 16.4 Å². The van der Waals surface area contributed by atoms with Gasteiger partial charge < -0.3 is 4.90 Å². The third kappa shape index (κ3) is 3.38. The van der Waals surface area contributed by atoms with Crippen molar-refractivity contribution in [1.29, 1.82) is 0 Å². The maximum atomic E-state index is 13.9. The third-order valence-electron chi connectivity index (χ3n) is 4.15. The lowest BCUT2D eigenvalue weighted by Gasteiger charge is -2.35. The maximum Gasteiger partial charge on any atom is 0.282 e. The van der Waals surface area contributed by atoms with Crippen molar-refractivity contribution in [3.63, 3.8) is 0 Å². The van der Waals surface area contributed by atoms with Crippen molar-refractivity contribution in [2.45, 2.75) is 4.90 Å². The molecule has 0 saturated carbocycles. The smallest absolute Gasteiger partial charge is 0.282 e. The summed E-state index contributed by atoms with van der Waals surface area (Å²) in [6.07, 6.45) is 1.52. The number of hydrogen-bond donors (Lipinski definition) is 0. The van der Waals surface area contributed by atoms with E-state index >= 15 is 0 Å². The van der Waals surface area contributed by atoms with Crippen molar-refractivity contribution in [1.82, 2.24) is 14.1 Å². The van der Waals surface area contributed by atoms with Gasteiger partial charge in [-0.15, -0.1) is 0 Å². The average molecular weight is 449 g/mol. The molecule has 0 spiro atoms. The number of aromatic nitrogens is 2. The first-order valence-electron chi connectivity index (χ1n) is 7.64. The summed E-state index contributed by atoms with van der Waals surface area (Å²) in [6, 6.07) is 2.34. The van der Waals surface area contributed by atoms with Gasteiger partial charge in [0.25, 0.3) is 5.56 Å².